The second-order valence-corrected chi connectivity index (χ2v) is 6.43. The van der Waals surface area contributed by atoms with Gasteiger partial charge >= 0.3 is 5.97 Å². The van der Waals surface area contributed by atoms with Crippen molar-refractivity contribution < 1.29 is 19.4 Å². The molecule has 0 aliphatic heterocycles. The van der Waals surface area contributed by atoms with Gasteiger partial charge in [0.05, 0.1) is 32.3 Å². The van der Waals surface area contributed by atoms with E-state index in [4.69, 9.17) is 9.47 Å². The third-order valence-electron chi connectivity index (χ3n) is 4.08. The monoisotopic (exact) mass is 371 g/mol. The van der Waals surface area contributed by atoms with E-state index in [0.29, 0.717) is 39.3 Å². The van der Waals surface area contributed by atoms with E-state index in [1.165, 1.54) is 0 Å². The van der Waals surface area contributed by atoms with Gasteiger partial charge in [-0.3, -0.25) is 9.69 Å². The number of nitrogens with zero attached hydrogens (tertiary/aromatic N) is 1. The van der Waals surface area contributed by atoms with Crippen LogP contribution in [-0.2, 0) is 27.4 Å². The van der Waals surface area contributed by atoms with Crippen molar-refractivity contribution in [2.24, 2.45) is 0 Å². The molecule has 5 heteroatoms. The van der Waals surface area contributed by atoms with E-state index < -0.39 is 6.10 Å². The normalized spacial score (nSPS) is 12.1. The van der Waals surface area contributed by atoms with Crippen molar-refractivity contribution >= 4 is 5.97 Å². The molecule has 27 heavy (non-hydrogen) atoms. The maximum absolute atomic E-state index is 11.7. The summed E-state index contributed by atoms with van der Waals surface area (Å²) in [5.74, 6) is -0.217. The van der Waals surface area contributed by atoms with Crippen molar-refractivity contribution in [3.63, 3.8) is 0 Å². The summed E-state index contributed by atoms with van der Waals surface area (Å²) < 4.78 is 10.6. The molecule has 1 N–H and O–H groups in total. The van der Waals surface area contributed by atoms with Gasteiger partial charge in [0.25, 0.3) is 0 Å². The van der Waals surface area contributed by atoms with Gasteiger partial charge in [-0.05, 0) is 18.1 Å². The SMILES string of the molecule is CCOC(=O)CCN(Cc1ccccc1)CC(O)COCc1ccccc1. The van der Waals surface area contributed by atoms with Crippen molar-refractivity contribution in [3.8, 4) is 0 Å². The Bertz CT molecular complexity index is 648. The number of benzene rings is 2. The van der Waals surface area contributed by atoms with Crippen LogP contribution in [0.3, 0.4) is 0 Å². The Labute approximate surface area is 161 Å². The van der Waals surface area contributed by atoms with E-state index in [9.17, 15) is 9.90 Å². The Hall–Kier alpha value is -2.21. The molecule has 0 aliphatic rings. The zero-order valence-corrected chi connectivity index (χ0v) is 15.9. The molecular formula is C22H29NO4. The minimum Gasteiger partial charge on any atom is -0.466 e. The van der Waals surface area contributed by atoms with Crippen LogP contribution in [0.5, 0.6) is 0 Å². The molecule has 1 atom stereocenters. The van der Waals surface area contributed by atoms with Gasteiger partial charge in [0.1, 0.15) is 0 Å². The Morgan fingerprint density at radius 3 is 2.30 bits per heavy atom. The molecule has 0 bridgehead atoms. The molecule has 5 nitrogen and oxygen atoms in total. The summed E-state index contributed by atoms with van der Waals surface area (Å²) in [6, 6.07) is 19.9. The highest BCUT2D eigenvalue weighted by molar-refractivity contribution is 5.69. The first-order valence-corrected chi connectivity index (χ1v) is 9.39. The first-order chi connectivity index (χ1) is 13.2. The predicted molar refractivity (Wildman–Crippen MR) is 105 cm³/mol. The Morgan fingerprint density at radius 2 is 1.67 bits per heavy atom. The maximum Gasteiger partial charge on any atom is 0.307 e. The van der Waals surface area contributed by atoms with Gasteiger partial charge in [0.2, 0.25) is 0 Å². The molecule has 0 heterocycles. The Kier molecular flexibility index (Phi) is 9.55. The number of aliphatic hydroxyl groups excluding tert-OH is 1. The minimum atomic E-state index is -0.625. The van der Waals surface area contributed by atoms with Crippen LogP contribution in [0.4, 0.5) is 0 Å². The van der Waals surface area contributed by atoms with E-state index in [1.54, 1.807) is 6.92 Å². The average molecular weight is 371 g/mol. The molecular weight excluding hydrogens is 342 g/mol. The second-order valence-electron chi connectivity index (χ2n) is 6.43. The van der Waals surface area contributed by atoms with E-state index in [2.05, 4.69) is 4.90 Å². The lowest BCUT2D eigenvalue weighted by atomic mass is 10.2. The van der Waals surface area contributed by atoms with E-state index in [1.807, 2.05) is 60.7 Å². The van der Waals surface area contributed by atoms with Gasteiger partial charge in [-0.2, -0.15) is 0 Å². The lowest BCUT2D eigenvalue weighted by molar-refractivity contribution is -0.143. The van der Waals surface area contributed by atoms with Crippen LogP contribution in [0.15, 0.2) is 60.7 Å². The number of esters is 1. The average Bonchev–Trinajstić information content (AvgIpc) is 2.68. The molecule has 0 saturated heterocycles. The largest absolute Gasteiger partial charge is 0.466 e. The smallest absolute Gasteiger partial charge is 0.307 e. The highest BCUT2D eigenvalue weighted by Gasteiger charge is 2.15. The van der Waals surface area contributed by atoms with Crippen LogP contribution >= 0.6 is 0 Å². The maximum atomic E-state index is 11.7. The number of rotatable bonds is 12. The van der Waals surface area contributed by atoms with E-state index >= 15 is 0 Å². The lowest BCUT2D eigenvalue weighted by Crippen LogP contribution is -2.36. The zero-order valence-electron chi connectivity index (χ0n) is 15.9. The van der Waals surface area contributed by atoms with Crippen LogP contribution in [0.1, 0.15) is 24.5 Å². The first kappa shape index (κ1) is 21.1. The highest BCUT2D eigenvalue weighted by Crippen LogP contribution is 2.08. The summed E-state index contributed by atoms with van der Waals surface area (Å²) in [4.78, 5) is 13.7. The van der Waals surface area contributed by atoms with E-state index in [0.717, 1.165) is 11.1 Å². The zero-order chi connectivity index (χ0) is 19.3. The van der Waals surface area contributed by atoms with Crippen molar-refractivity contribution in [3.05, 3.63) is 71.8 Å². The van der Waals surface area contributed by atoms with Gasteiger partial charge in [-0.15, -0.1) is 0 Å². The van der Waals surface area contributed by atoms with Crippen molar-refractivity contribution in [2.75, 3.05) is 26.3 Å². The molecule has 0 saturated carbocycles. The molecule has 2 aromatic carbocycles. The third-order valence-corrected chi connectivity index (χ3v) is 4.08. The molecule has 0 spiro atoms. The van der Waals surface area contributed by atoms with Crippen molar-refractivity contribution in [2.45, 2.75) is 32.6 Å². The van der Waals surface area contributed by atoms with Gasteiger partial charge in [0, 0.05) is 19.6 Å². The second kappa shape index (κ2) is 12.2. The molecule has 1 unspecified atom stereocenters. The van der Waals surface area contributed by atoms with Crippen LogP contribution in [0, 0.1) is 0 Å². The number of hydrogen-bond donors (Lipinski definition) is 1. The molecule has 2 rings (SSSR count). The van der Waals surface area contributed by atoms with Gasteiger partial charge in [-0.1, -0.05) is 60.7 Å². The fraction of sp³-hybridized carbons (Fsp3) is 0.409. The number of carbonyl (C=O) groups is 1. The molecule has 0 aromatic heterocycles. The van der Waals surface area contributed by atoms with Crippen LogP contribution in [-0.4, -0.2) is 48.4 Å². The Balaban J connectivity index is 1.82. The van der Waals surface area contributed by atoms with Crippen LogP contribution in [0.25, 0.3) is 0 Å². The summed E-state index contributed by atoms with van der Waals surface area (Å²) >= 11 is 0. The third kappa shape index (κ3) is 8.82. The predicted octanol–water partition coefficient (Wildman–Crippen LogP) is 3.02. The standard InChI is InChI=1S/C22H29NO4/c1-2-27-22(25)13-14-23(15-19-9-5-3-6-10-19)16-21(24)18-26-17-20-11-7-4-8-12-20/h3-12,21,24H,2,13-18H2,1H3. The summed E-state index contributed by atoms with van der Waals surface area (Å²) in [6.45, 7) is 4.53. The number of hydrogen-bond acceptors (Lipinski definition) is 5. The fourth-order valence-electron chi connectivity index (χ4n) is 2.80. The molecule has 0 fully saturated rings. The summed E-state index contributed by atoms with van der Waals surface area (Å²) in [5, 5.41) is 10.4. The lowest BCUT2D eigenvalue weighted by Gasteiger charge is -2.25. The molecule has 146 valence electrons. The number of carbonyl (C=O) groups excluding carboxylic acids is 1. The minimum absolute atomic E-state index is 0.217. The molecule has 0 amide bonds. The van der Waals surface area contributed by atoms with Gasteiger partial charge < -0.3 is 14.6 Å². The van der Waals surface area contributed by atoms with Crippen LogP contribution in [0.2, 0.25) is 0 Å². The van der Waals surface area contributed by atoms with Gasteiger partial charge in [-0.25, -0.2) is 0 Å². The van der Waals surface area contributed by atoms with Crippen molar-refractivity contribution in [1.29, 1.82) is 0 Å². The number of ether oxygens (including phenoxy) is 2. The van der Waals surface area contributed by atoms with Crippen LogP contribution < -0.4 is 0 Å². The van der Waals surface area contributed by atoms with Gasteiger partial charge in [0.15, 0.2) is 0 Å². The highest BCUT2D eigenvalue weighted by atomic mass is 16.5. The Morgan fingerprint density at radius 1 is 1.04 bits per heavy atom. The summed E-state index contributed by atoms with van der Waals surface area (Å²) in [7, 11) is 0. The fourth-order valence-corrected chi connectivity index (χ4v) is 2.80. The molecule has 0 aliphatic carbocycles. The summed E-state index contributed by atoms with van der Waals surface area (Å²) in [5.41, 5.74) is 2.21. The topological polar surface area (TPSA) is 59.0 Å². The van der Waals surface area contributed by atoms with Crippen molar-refractivity contribution in [1.82, 2.24) is 4.90 Å². The molecule has 0 radical (unpaired) electrons. The first-order valence-electron chi connectivity index (χ1n) is 9.39. The molecule has 2 aromatic rings. The quantitative estimate of drug-likeness (QED) is 0.581. The number of aliphatic hydroxyl groups is 1. The summed E-state index contributed by atoms with van der Waals surface area (Å²) in [6.07, 6.45) is -0.322. The van der Waals surface area contributed by atoms with E-state index in [-0.39, 0.29) is 12.6 Å².